The summed E-state index contributed by atoms with van der Waals surface area (Å²) >= 11 is 0. The van der Waals surface area contributed by atoms with Gasteiger partial charge in [-0.2, -0.15) is 0 Å². The number of carbonyl (C=O) groups is 3. The normalized spacial score (nSPS) is 9.61. The van der Waals surface area contributed by atoms with Crippen LogP contribution >= 0.6 is 0 Å². The Labute approximate surface area is 105 Å². The topological polar surface area (TPSA) is 69.7 Å². The molecule has 18 heavy (non-hydrogen) atoms. The third kappa shape index (κ3) is 4.78. The van der Waals surface area contributed by atoms with E-state index in [1.165, 1.54) is 0 Å². The Kier molecular flexibility index (Phi) is 5.57. The summed E-state index contributed by atoms with van der Waals surface area (Å²) in [4.78, 5) is 33.2. The molecule has 0 aliphatic carbocycles. The number of esters is 2. The van der Waals surface area contributed by atoms with Crippen LogP contribution in [0.25, 0.3) is 0 Å². The molecule has 5 nitrogen and oxygen atoms in total. The standard InChI is InChI=1S/C13H14O5/c1-17-13(16)11(14)7-8-12(15)18-9-10-5-3-2-4-6-10/h2-6H,7-9H2,1H3. The SMILES string of the molecule is COC(=O)C(=O)CCC(=O)OCc1ccccc1. The lowest BCUT2D eigenvalue weighted by Crippen LogP contribution is -2.17. The van der Waals surface area contributed by atoms with Gasteiger partial charge in [0.2, 0.25) is 5.78 Å². The molecule has 0 bridgehead atoms. The van der Waals surface area contributed by atoms with Gasteiger partial charge in [0.05, 0.1) is 13.5 Å². The van der Waals surface area contributed by atoms with Gasteiger partial charge < -0.3 is 9.47 Å². The fourth-order valence-corrected chi connectivity index (χ4v) is 1.24. The highest BCUT2D eigenvalue weighted by molar-refractivity contribution is 6.33. The molecular formula is C13H14O5. The fourth-order valence-electron chi connectivity index (χ4n) is 1.24. The molecule has 1 aromatic rings. The third-order valence-corrected chi connectivity index (χ3v) is 2.21. The average Bonchev–Trinajstić information content (AvgIpc) is 2.42. The molecule has 0 atom stereocenters. The van der Waals surface area contributed by atoms with E-state index in [1.807, 2.05) is 30.3 Å². The highest BCUT2D eigenvalue weighted by Gasteiger charge is 2.15. The number of hydrogen-bond acceptors (Lipinski definition) is 5. The van der Waals surface area contributed by atoms with E-state index in [2.05, 4.69) is 4.74 Å². The van der Waals surface area contributed by atoms with Crippen molar-refractivity contribution in [2.24, 2.45) is 0 Å². The van der Waals surface area contributed by atoms with Crippen molar-refractivity contribution in [3.8, 4) is 0 Å². The summed E-state index contributed by atoms with van der Waals surface area (Å²) in [5.41, 5.74) is 0.866. The maximum atomic E-state index is 11.3. The first-order chi connectivity index (χ1) is 8.63. The number of ether oxygens (including phenoxy) is 2. The van der Waals surface area contributed by atoms with Gasteiger partial charge in [0, 0.05) is 6.42 Å². The number of carbonyl (C=O) groups excluding carboxylic acids is 3. The molecule has 1 rings (SSSR count). The lowest BCUT2D eigenvalue weighted by molar-refractivity contribution is -0.153. The fraction of sp³-hybridized carbons (Fsp3) is 0.308. The van der Waals surface area contributed by atoms with Gasteiger partial charge in [-0.05, 0) is 5.56 Å². The first-order valence-electron chi connectivity index (χ1n) is 5.44. The van der Waals surface area contributed by atoms with Gasteiger partial charge in [-0.3, -0.25) is 9.59 Å². The van der Waals surface area contributed by atoms with Crippen molar-refractivity contribution in [2.45, 2.75) is 19.4 Å². The third-order valence-electron chi connectivity index (χ3n) is 2.21. The Bertz CT molecular complexity index is 424. The molecule has 0 aliphatic rings. The van der Waals surface area contributed by atoms with Gasteiger partial charge in [-0.25, -0.2) is 4.79 Å². The smallest absolute Gasteiger partial charge is 0.374 e. The number of Topliss-reactive ketones (excluding diaryl/α,β-unsaturated/α-hetero) is 1. The largest absolute Gasteiger partial charge is 0.463 e. The zero-order valence-corrected chi connectivity index (χ0v) is 10.0. The molecule has 0 unspecified atom stereocenters. The molecule has 0 saturated heterocycles. The molecule has 5 heteroatoms. The average molecular weight is 250 g/mol. The number of ketones is 1. The maximum absolute atomic E-state index is 11.3. The molecule has 0 fully saturated rings. The lowest BCUT2D eigenvalue weighted by atomic mass is 10.2. The number of hydrogen-bond donors (Lipinski definition) is 0. The molecule has 0 saturated carbocycles. The van der Waals surface area contributed by atoms with Gasteiger partial charge in [-0.15, -0.1) is 0 Å². The summed E-state index contributed by atoms with van der Waals surface area (Å²) in [5.74, 6) is -2.18. The van der Waals surface area contributed by atoms with E-state index in [0.29, 0.717) is 0 Å². The van der Waals surface area contributed by atoms with Crippen LogP contribution in [0.3, 0.4) is 0 Å². The van der Waals surface area contributed by atoms with Crippen molar-refractivity contribution >= 4 is 17.7 Å². The molecular weight excluding hydrogens is 236 g/mol. The Morgan fingerprint density at radius 2 is 1.72 bits per heavy atom. The molecule has 0 aliphatic heterocycles. The van der Waals surface area contributed by atoms with Crippen LogP contribution in [0.4, 0.5) is 0 Å². The Morgan fingerprint density at radius 1 is 1.06 bits per heavy atom. The molecule has 0 amide bonds. The second-order valence-electron chi connectivity index (χ2n) is 3.56. The summed E-state index contributed by atoms with van der Waals surface area (Å²) in [6.07, 6.45) is -0.318. The van der Waals surface area contributed by atoms with Crippen molar-refractivity contribution in [2.75, 3.05) is 7.11 Å². The Balaban J connectivity index is 2.26. The molecule has 0 aromatic heterocycles. The first kappa shape index (κ1) is 13.9. The van der Waals surface area contributed by atoms with Crippen LogP contribution in [0.5, 0.6) is 0 Å². The molecule has 1 aromatic carbocycles. The zero-order valence-electron chi connectivity index (χ0n) is 10.0. The monoisotopic (exact) mass is 250 g/mol. The van der Waals surface area contributed by atoms with E-state index in [9.17, 15) is 14.4 Å². The van der Waals surface area contributed by atoms with Crippen LogP contribution in [-0.2, 0) is 30.5 Å². The summed E-state index contributed by atoms with van der Waals surface area (Å²) in [6, 6.07) is 9.19. The highest BCUT2D eigenvalue weighted by atomic mass is 16.5. The van der Waals surface area contributed by atoms with Gasteiger partial charge in [0.15, 0.2) is 0 Å². The number of benzene rings is 1. The molecule has 96 valence electrons. The second kappa shape index (κ2) is 7.21. The van der Waals surface area contributed by atoms with E-state index in [0.717, 1.165) is 12.7 Å². The van der Waals surface area contributed by atoms with Crippen molar-refractivity contribution in [3.63, 3.8) is 0 Å². The van der Waals surface area contributed by atoms with E-state index >= 15 is 0 Å². The zero-order chi connectivity index (χ0) is 13.4. The van der Waals surface area contributed by atoms with Crippen molar-refractivity contribution in [1.82, 2.24) is 0 Å². The van der Waals surface area contributed by atoms with Gasteiger partial charge in [0.25, 0.3) is 0 Å². The van der Waals surface area contributed by atoms with E-state index in [-0.39, 0.29) is 19.4 Å². The van der Waals surface area contributed by atoms with Crippen LogP contribution in [0.1, 0.15) is 18.4 Å². The predicted octanol–water partition coefficient (Wildman–Crippen LogP) is 1.25. The Hall–Kier alpha value is -2.17. The molecule has 0 heterocycles. The maximum Gasteiger partial charge on any atom is 0.374 e. The highest BCUT2D eigenvalue weighted by Crippen LogP contribution is 2.03. The van der Waals surface area contributed by atoms with Gasteiger partial charge in [-0.1, -0.05) is 30.3 Å². The minimum atomic E-state index is -0.939. The van der Waals surface area contributed by atoms with E-state index < -0.39 is 17.7 Å². The van der Waals surface area contributed by atoms with Crippen molar-refractivity contribution < 1.29 is 23.9 Å². The Morgan fingerprint density at radius 3 is 2.33 bits per heavy atom. The molecule has 0 N–H and O–H groups in total. The van der Waals surface area contributed by atoms with Crippen LogP contribution in [-0.4, -0.2) is 24.8 Å². The minimum Gasteiger partial charge on any atom is -0.463 e. The van der Waals surface area contributed by atoms with Crippen LogP contribution in [0.15, 0.2) is 30.3 Å². The number of rotatable bonds is 6. The summed E-state index contributed by atoms with van der Waals surface area (Å²) in [6.45, 7) is 0.159. The van der Waals surface area contributed by atoms with E-state index in [1.54, 1.807) is 0 Å². The summed E-state index contributed by atoms with van der Waals surface area (Å²) < 4.78 is 9.18. The minimum absolute atomic E-state index is 0.124. The van der Waals surface area contributed by atoms with Crippen molar-refractivity contribution in [1.29, 1.82) is 0 Å². The number of methoxy groups -OCH3 is 1. The van der Waals surface area contributed by atoms with Crippen LogP contribution in [0, 0.1) is 0 Å². The predicted molar refractivity (Wildman–Crippen MR) is 62.5 cm³/mol. The molecule has 0 radical (unpaired) electrons. The van der Waals surface area contributed by atoms with Crippen molar-refractivity contribution in [3.05, 3.63) is 35.9 Å². The van der Waals surface area contributed by atoms with Crippen LogP contribution in [0.2, 0.25) is 0 Å². The summed E-state index contributed by atoms with van der Waals surface area (Å²) in [7, 11) is 1.12. The van der Waals surface area contributed by atoms with Crippen LogP contribution < -0.4 is 0 Å². The second-order valence-corrected chi connectivity index (χ2v) is 3.56. The lowest BCUT2D eigenvalue weighted by Gasteiger charge is -2.04. The first-order valence-corrected chi connectivity index (χ1v) is 5.44. The van der Waals surface area contributed by atoms with Gasteiger partial charge >= 0.3 is 11.9 Å². The summed E-state index contributed by atoms with van der Waals surface area (Å²) in [5, 5.41) is 0. The molecule has 0 spiro atoms. The quantitative estimate of drug-likeness (QED) is 0.561. The van der Waals surface area contributed by atoms with E-state index in [4.69, 9.17) is 4.74 Å². The van der Waals surface area contributed by atoms with Gasteiger partial charge in [0.1, 0.15) is 6.61 Å².